The Bertz CT molecular complexity index is 602. The summed E-state index contributed by atoms with van der Waals surface area (Å²) in [4.78, 5) is 0. The highest BCUT2D eigenvalue weighted by atomic mass is 35.5. The van der Waals surface area contributed by atoms with Crippen molar-refractivity contribution in [3.8, 4) is 11.5 Å². The highest BCUT2D eigenvalue weighted by molar-refractivity contribution is 6.32. The molecule has 2 N–H and O–H groups in total. The van der Waals surface area contributed by atoms with Gasteiger partial charge in [0.2, 0.25) is 0 Å². The summed E-state index contributed by atoms with van der Waals surface area (Å²) in [6, 6.07) is 13.9. The Morgan fingerprint density at radius 3 is 2.50 bits per heavy atom. The summed E-state index contributed by atoms with van der Waals surface area (Å²) in [5.41, 5.74) is 8.14. The maximum atomic E-state index is 6.36. The van der Waals surface area contributed by atoms with E-state index in [-0.39, 0.29) is 6.04 Å². The Labute approximate surface area is 137 Å². The van der Waals surface area contributed by atoms with Gasteiger partial charge in [-0.25, -0.2) is 0 Å². The lowest BCUT2D eigenvalue weighted by Gasteiger charge is -2.15. The molecule has 0 aliphatic carbocycles. The maximum absolute atomic E-state index is 6.36. The van der Waals surface area contributed by atoms with Crippen LogP contribution in [0.4, 0.5) is 0 Å². The van der Waals surface area contributed by atoms with Crippen molar-refractivity contribution in [3.63, 3.8) is 0 Å². The van der Waals surface area contributed by atoms with Crippen molar-refractivity contribution in [3.05, 3.63) is 58.6 Å². The smallest absolute Gasteiger partial charge is 0.180 e. The molecule has 0 aliphatic rings. The van der Waals surface area contributed by atoms with Crippen LogP contribution in [0, 0.1) is 0 Å². The van der Waals surface area contributed by atoms with Gasteiger partial charge >= 0.3 is 0 Å². The zero-order valence-corrected chi connectivity index (χ0v) is 13.8. The zero-order chi connectivity index (χ0) is 15.9. The van der Waals surface area contributed by atoms with E-state index in [4.69, 9.17) is 26.8 Å². The fourth-order valence-electron chi connectivity index (χ4n) is 2.21. The summed E-state index contributed by atoms with van der Waals surface area (Å²) in [5, 5.41) is 0.550. The molecule has 2 rings (SSSR count). The van der Waals surface area contributed by atoms with Crippen molar-refractivity contribution in [1.82, 2.24) is 0 Å². The minimum atomic E-state index is 0.122. The van der Waals surface area contributed by atoms with Gasteiger partial charge in [0.05, 0.1) is 12.1 Å². The van der Waals surface area contributed by atoms with Crippen LogP contribution in [0.1, 0.15) is 24.5 Å². The molecule has 0 fully saturated rings. The third-order valence-electron chi connectivity index (χ3n) is 3.54. The molecule has 22 heavy (non-hydrogen) atoms. The van der Waals surface area contributed by atoms with Crippen molar-refractivity contribution in [2.75, 3.05) is 7.11 Å². The number of nitrogens with two attached hydrogens (primary N) is 1. The quantitative estimate of drug-likeness (QED) is 0.831. The lowest BCUT2D eigenvalue weighted by atomic mass is 10.0. The van der Waals surface area contributed by atoms with Crippen LogP contribution in [0.5, 0.6) is 11.5 Å². The van der Waals surface area contributed by atoms with E-state index in [2.05, 4.69) is 6.92 Å². The van der Waals surface area contributed by atoms with Crippen molar-refractivity contribution in [2.24, 2.45) is 5.73 Å². The Balaban J connectivity index is 2.16. The Morgan fingerprint density at radius 1 is 1.14 bits per heavy atom. The monoisotopic (exact) mass is 319 g/mol. The summed E-state index contributed by atoms with van der Waals surface area (Å²) in [6.45, 7) is 2.52. The van der Waals surface area contributed by atoms with Crippen molar-refractivity contribution >= 4 is 11.6 Å². The normalized spacial score (nSPS) is 12.0. The first-order valence-electron chi connectivity index (χ1n) is 7.42. The first-order valence-corrected chi connectivity index (χ1v) is 7.80. The third kappa shape index (κ3) is 4.39. The Hall–Kier alpha value is -1.71. The van der Waals surface area contributed by atoms with E-state index in [9.17, 15) is 0 Å². The number of hydrogen-bond acceptors (Lipinski definition) is 3. The zero-order valence-electron chi connectivity index (χ0n) is 13.0. The number of hydrogen-bond donors (Lipinski definition) is 1. The molecule has 118 valence electrons. The second kappa shape index (κ2) is 8.06. The highest BCUT2D eigenvalue weighted by Crippen LogP contribution is 2.37. The molecule has 0 bridgehead atoms. The molecule has 0 aliphatic heterocycles. The molecule has 0 heterocycles. The predicted octanol–water partition coefficient (Wildman–Crippen LogP) is 4.21. The summed E-state index contributed by atoms with van der Waals surface area (Å²) in [5.74, 6) is 1.21. The molecule has 3 nitrogen and oxygen atoms in total. The van der Waals surface area contributed by atoms with Crippen LogP contribution in [0.2, 0.25) is 5.02 Å². The van der Waals surface area contributed by atoms with E-state index in [1.165, 1.54) is 0 Å². The van der Waals surface area contributed by atoms with E-state index in [1.54, 1.807) is 7.11 Å². The van der Waals surface area contributed by atoms with Gasteiger partial charge in [-0.3, -0.25) is 0 Å². The van der Waals surface area contributed by atoms with Crippen LogP contribution in [0.15, 0.2) is 42.5 Å². The lowest BCUT2D eigenvalue weighted by molar-refractivity contribution is 0.284. The van der Waals surface area contributed by atoms with E-state index in [0.717, 1.165) is 24.0 Å². The second-order valence-electron chi connectivity index (χ2n) is 5.26. The minimum Gasteiger partial charge on any atom is -0.493 e. The van der Waals surface area contributed by atoms with Crippen LogP contribution < -0.4 is 15.2 Å². The van der Waals surface area contributed by atoms with Gasteiger partial charge in [0, 0.05) is 6.04 Å². The molecule has 2 aromatic carbocycles. The standard InChI is InChI=1S/C18H22ClNO2/c1-3-15(20)9-14-10-16(19)18(17(11-14)21-2)22-12-13-7-5-4-6-8-13/h4-8,10-11,15H,3,9,12,20H2,1-2H3. The van der Waals surface area contributed by atoms with Gasteiger partial charge in [-0.1, -0.05) is 48.9 Å². The fraction of sp³-hybridized carbons (Fsp3) is 0.333. The van der Waals surface area contributed by atoms with Crippen LogP contribution >= 0.6 is 11.6 Å². The number of ether oxygens (including phenoxy) is 2. The van der Waals surface area contributed by atoms with E-state index in [0.29, 0.717) is 23.1 Å². The molecule has 0 saturated heterocycles. The summed E-state index contributed by atoms with van der Waals surface area (Å²) in [7, 11) is 1.62. The average Bonchev–Trinajstić information content (AvgIpc) is 2.54. The molecular weight excluding hydrogens is 298 g/mol. The highest BCUT2D eigenvalue weighted by Gasteiger charge is 2.13. The van der Waals surface area contributed by atoms with Gasteiger partial charge < -0.3 is 15.2 Å². The number of benzene rings is 2. The van der Waals surface area contributed by atoms with E-state index >= 15 is 0 Å². The van der Waals surface area contributed by atoms with E-state index < -0.39 is 0 Å². The lowest BCUT2D eigenvalue weighted by Crippen LogP contribution is -2.21. The van der Waals surface area contributed by atoms with Gasteiger partial charge in [-0.15, -0.1) is 0 Å². The van der Waals surface area contributed by atoms with Gasteiger partial charge in [0.15, 0.2) is 11.5 Å². The molecule has 0 aromatic heterocycles. The maximum Gasteiger partial charge on any atom is 0.180 e. The predicted molar refractivity (Wildman–Crippen MR) is 90.7 cm³/mol. The molecule has 0 spiro atoms. The van der Waals surface area contributed by atoms with Gasteiger partial charge in [0.1, 0.15) is 6.61 Å². The largest absolute Gasteiger partial charge is 0.493 e. The average molecular weight is 320 g/mol. The number of rotatable bonds is 7. The summed E-state index contributed by atoms with van der Waals surface area (Å²) >= 11 is 6.36. The Kier molecular flexibility index (Phi) is 6.10. The van der Waals surface area contributed by atoms with Crippen LogP contribution in [0.25, 0.3) is 0 Å². The molecular formula is C18H22ClNO2. The molecule has 1 unspecified atom stereocenters. The molecule has 0 saturated carbocycles. The first-order chi connectivity index (χ1) is 10.6. The van der Waals surface area contributed by atoms with Gasteiger partial charge in [0.25, 0.3) is 0 Å². The molecule has 1 atom stereocenters. The Morgan fingerprint density at radius 2 is 1.86 bits per heavy atom. The second-order valence-corrected chi connectivity index (χ2v) is 5.66. The summed E-state index contributed by atoms with van der Waals surface area (Å²) in [6.07, 6.45) is 1.69. The van der Waals surface area contributed by atoms with Crippen molar-refractivity contribution in [2.45, 2.75) is 32.4 Å². The summed E-state index contributed by atoms with van der Waals surface area (Å²) < 4.78 is 11.3. The number of halogens is 1. The molecule has 0 amide bonds. The van der Waals surface area contributed by atoms with Crippen LogP contribution in [-0.2, 0) is 13.0 Å². The molecule has 2 aromatic rings. The van der Waals surface area contributed by atoms with Gasteiger partial charge in [-0.2, -0.15) is 0 Å². The topological polar surface area (TPSA) is 44.5 Å². The van der Waals surface area contributed by atoms with Gasteiger partial charge in [-0.05, 0) is 36.1 Å². The molecule has 0 radical (unpaired) electrons. The fourth-order valence-corrected chi connectivity index (χ4v) is 2.50. The van der Waals surface area contributed by atoms with Crippen LogP contribution in [0.3, 0.4) is 0 Å². The van der Waals surface area contributed by atoms with E-state index in [1.807, 2.05) is 42.5 Å². The minimum absolute atomic E-state index is 0.122. The third-order valence-corrected chi connectivity index (χ3v) is 3.82. The number of methoxy groups -OCH3 is 1. The first kappa shape index (κ1) is 16.7. The molecule has 4 heteroatoms. The SMILES string of the molecule is CCC(N)Cc1cc(Cl)c(OCc2ccccc2)c(OC)c1. The van der Waals surface area contributed by atoms with Crippen LogP contribution in [-0.4, -0.2) is 13.2 Å². The van der Waals surface area contributed by atoms with Crippen molar-refractivity contribution < 1.29 is 9.47 Å². The van der Waals surface area contributed by atoms with Crippen molar-refractivity contribution in [1.29, 1.82) is 0 Å².